The van der Waals surface area contributed by atoms with Gasteiger partial charge in [-0.2, -0.15) is 0 Å². The van der Waals surface area contributed by atoms with E-state index in [4.69, 9.17) is 5.11 Å². The number of carboxylic acid groups (broad SMARTS) is 1. The molecule has 0 aliphatic carbocycles. The van der Waals surface area contributed by atoms with Crippen LogP contribution in [0.2, 0.25) is 0 Å². The van der Waals surface area contributed by atoms with Crippen LogP contribution in [0.3, 0.4) is 0 Å². The van der Waals surface area contributed by atoms with Gasteiger partial charge in [-0.1, -0.05) is 0 Å². The van der Waals surface area contributed by atoms with Crippen LogP contribution in [0.5, 0.6) is 0 Å². The molecule has 1 aliphatic heterocycles. The molecule has 0 radical (unpaired) electrons. The van der Waals surface area contributed by atoms with Gasteiger partial charge in [-0.05, 0) is 0 Å². The number of nitrogens with zero attached hydrogens (tertiary/aromatic N) is 2. The highest BCUT2D eigenvalue weighted by Crippen LogP contribution is 2.11. The Morgan fingerprint density at radius 3 is 2.47 bits per heavy atom. The molecule has 1 N–H and O–H groups in total. The Bertz CT molecular complexity index is 331. The van der Waals surface area contributed by atoms with Gasteiger partial charge in [0.1, 0.15) is 6.04 Å². The summed E-state index contributed by atoms with van der Waals surface area (Å²) in [4.78, 5) is 36.5. The van der Waals surface area contributed by atoms with E-state index in [1.807, 2.05) is 0 Å². The maximum Gasteiger partial charge on any atom is 0.329 e. The second-order valence-electron chi connectivity index (χ2n) is 3.88. The highest BCUT2D eigenvalue weighted by Gasteiger charge is 2.35. The Morgan fingerprint density at radius 2 is 2.00 bits per heavy atom. The molecule has 1 fully saturated rings. The Morgan fingerprint density at radius 1 is 1.35 bits per heavy atom. The Labute approximate surface area is 98.9 Å². The van der Waals surface area contributed by atoms with E-state index in [-0.39, 0.29) is 19.0 Å². The number of piperazine rings is 1. The Balaban J connectivity index is 2.73. The van der Waals surface area contributed by atoms with Crippen LogP contribution in [0.1, 0.15) is 6.92 Å². The van der Waals surface area contributed by atoms with Gasteiger partial charge >= 0.3 is 11.9 Å². The second-order valence-corrected chi connectivity index (χ2v) is 3.88. The van der Waals surface area contributed by atoms with Crippen LogP contribution in [0.4, 0.5) is 0 Å². The van der Waals surface area contributed by atoms with E-state index < -0.39 is 18.0 Å². The number of rotatable bonds is 3. The zero-order valence-electron chi connectivity index (χ0n) is 9.88. The molecule has 7 nitrogen and oxygen atoms in total. The maximum absolute atomic E-state index is 11.5. The standard InChI is InChI=1S/C10H16N2O5/c1-7(13)12-4-3-11(6-9(14)15)5-8(12)10(16)17-2/h8H,3-6H2,1-2H3,(H,14,15)/t8-/m1/s1. The summed E-state index contributed by atoms with van der Waals surface area (Å²) in [7, 11) is 1.25. The van der Waals surface area contributed by atoms with Crippen molar-refractivity contribution in [1.82, 2.24) is 9.80 Å². The summed E-state index contributed by atoms with van der Waals surface area (Å²) >= 11 is 0. The average Bonchev–Trinajstić information content (AvgIpc) is 2.26. The molecule has 7 heteroatoms. The zero-order valence-corrected chi connectivity index (χ0v) is 9.88. The minimum atomic E-state index is -0.954. The molecular formula is C10H16N2O5. The van der Waals surface area contributed by atoms with Crippen molar-refractivity contribution in [2.75, 3.05) is 33.3 Å². The summed E-state index contributed by atoms with van der Waals surface area (Å²) in [5, 5.41) is 8.68. The van der Waals surface area contributed by atoms with Gasteiger partial charge in [-0.25, -0.2) is 4.79 Å². The molecule has 0 unspecified atom stereocenters. The van der Waals surface area contributed by atoms with Crippen LogP contribution in [0, 0.1) is 0 Å². The van der Waals surface area contributed by atoms with Crippen molar-refractivity contribution in [1.29, 1.82) is 0 Å². The van der Waals surface area contributed by atoms with E-state index in [0.717, 1.165) is 0 Å². The van der Waals surface area contributed by atoms with Gasteiger partial charge in [-0.3, -0.25) is 14.5 Å². The van der Waals surface area contributed by atoms with E-state index in [9.17, 15) is 14.4 Å². The first kappa shape index (κ1) is 13.4. The number of carboxylic acids is 1. The topological polar surface area (TPSA) is 87.2 Å². The number of hydrogen-bond acceptors (Lipinski definition) is 5. The SMILES string of the molecule is COC(=O)[C@H]1CN(CC(=O)O)CCN1C(C)=O. The number of methoxy groups -OCH3 is 1. The molecule has 1 rings (SSSR count). The third-order valence-corrected chi connectivity index (χ3v) is 2.70. The van der Waals surface area contributed by atoms with E-state index in [1.54, 1.807) is 4.90 Å². The number of aliphatic carboxylic acids is 1. The molecule has 0 aromatic heterocycles. The highest BCUT2D eigenvalue weighted by molar-refractivity contribution is 5.84. The third-order valence-electron chi connectivity index (χ3n) is 2.70. The van der Waals surface area contributed by atoms with Crippen LogP contribution in [0.15, 0.2) is 0 Å². The summed E-state index contributed by atoms with van der Waals surface area (Å²) in [5.41, 5.74) is 0. The normalized spacial score (nSPS) is 21.1. The molecule has 1 saturated heterocycles. The number of ether oxygens (including phenoxy) is 1. The molecule has 0 aromatic carbocycles. The van der Waals surface area contributed by atoms with E-state index in [0.29, 0.717) is 13.1 Å². The first-order valence-corrected chi connectivity index (χ1v) is 5.25. The first-order valence-electron chi connectivity index (χ1n) is 5.25. The molecule has 1 aliphatic rings. The predicted octanol–water partition coefficient (Wildman–Crippen LogP) is -1.22. The highest BCUT2D eigenvalue weighted by atomic mass is 16.5. The fourth-order valence-corrected chi connectivity index (χ4v) is 1.89. The molecule has 0 aromatic rings. The lowest BCUT2D eigenvalue weighted by Crippen LogP contribution is -2.58. The Kier molecular flexibility index (Phi) is 4.45. The van der Waals surface area contributed by atoms with Gasteiger partial charge in [0, 0.05) is 26.6 Å². The van der Waals surface area contributed by atoms with Crippen LogP contribution in [-0.4, -0.2) is 72.1 Å². The number of amides is 1. The number of hydrogen-bond donors (Lipinski definition) is 1. The number of carbonyl (C=O) groups is 3. The van der Waals surface area contributed by atoms with Crippen molar-refractivity contribution < 1.29 is 24.2 Å². The first-order chi connectivity index (χ1) is 7.95. The van der Waals surface area contributed by atoms with Crippen LogP contribution < -0.4 is 0 Å². The lowest BCUT2D eigenvalue weighted by Gasteiger charge is -2.38. The van der Waals surface area contributed by atoms with Crippen molar-refractivity contribution in [2.45, 2.75) is 13.0 Å². The van der Waals surface area contributed by atoms with E-state index in [2.05, 4.69) is 4.74 Å². The van der Waals surface area contributed by atoms with Crippen LogP contribution in [-0.2, 0) is 19.1 Å². The van der Waals surface area contributed by atoms with Crippen molar-refractivity contribution in [3.05, 3.63) is 0 Å². The second kappa shape index (κ2) is 5.62. The van der Waals surface area contributed by atoms with Crippen molar-refractivity contribution >= 4 is 17.8 Å². The van der Waals surface area contributed by atoms with Gasteiger partial charge in [0.2, 0.25) is 5.91 Å². The molecule has 96 valence electrons. The van der Waals surface area contributed by atoms with E-state index in [1.165, 1.54) is 18.9 Å². The largest absolute Gasteiger partial charge is 0.480 e. The lowest BCUT2D eigenvalue weighted by molar-refractivity contribution is -0.156. The van der Waals surface area contributed by atoms with Crippen molar-refractivity contribution in [3.8, 4) is 0 Å². The van der Waals surface area contributed by atoms with Crippen LogP contribution in [0.25, 0.3) is 0 Å². The van der Waals surface area contributed by atoms with Gasteiger partial charge in [0.25, 0.3) is 0 Å². The van der Waals surface area contributed by atoms with Gasteiger partial charge < -0.3 is 14.7 Å². The molecule has 0 bridgehead atoms. The minimum Gasteiger partial charge on any atom is -0.480 e. The quantitative estimate of drug-likeness (QED) is 0.626. The van der Waals surface area contributed by atoms with Crippen LogP contribution >= 0.6 is 0 Å². The lowest BCUT2D eigenvalue weighted by atomic mass is 10.1. The van der Waals surface area contributed by atoms with Crippen molar-refractivity contribution in [3.63, 3.8) is 0 Å². The fraction of sp³-hybridized carbons (Fsp3) is 0.700. The smallest absolute Gasteiger partial charge is 0.329 e. The molecule has 1 atom stereocenters. The number of carbonyl (C=O) groups excluding carboxylic acids is 2. The average molecular weight is 244 g/mol. The summed E-state index contributed by atoms with van der Waals surface area (Å²) in [6, 6.07) is -0.717. The fourth-order valence-electron chi connectivity index (χ4n) is 1.89. The molecule has 1 amide bonds. The summed E-state index contributed by atoms with van der Waals surface area (Å²) < 4.78 is 4.62. The molecule has 1 heterocycles. The predicted molar refractivity (Wildman–Crippen MR) is 57.3 cm³/mol. The summed E-state index contributed by atoms with van der Waals surface area (Å²) in [6.07, 6.45) is 0. The van der Waals surface area contributed by atoms with Crippen molar-refractivity contribution in [2.24, 2.45) is 0 Å². The maximum atomic E-state index is 11.5. The summed E-state index contributed by atoms with van der Waals surface area (Å²) in [6.45, 7) is 2.21. The molecule has 0 spiro atoms. The Hall–Kier alpha value is -1.63. The van der Waals surface area contributed by atoms with Gasteiger partial charge in [-0.15, -0.1) is 0 Å². The molecule has 0 saturated carbocycles. The molecule has 17 heavy (non-hydrogen) atoms. The van der Waals surface area contributed by atoms with E-state index >= 15 is 0 Å². The third kappa shape index (κ3) is 3.42. The monoisotopic (exact) mass is 244 g/mol. The number of esters is 1. The minimum absolute atomic E-state index is 0.140. The zero-order chi connectivity index (χ0) is 13.0. The summed E-state index contributed by atoms with van der Waals surface area (Å²) in [5.74, 6) is -1.68. The van der Waals surface area contributed by atoms with Gasteiger partial charge in [0.15, 0.2) is 0 Å². The molecular weight excluding hydrogens is 228 g/mol. The van der Waals surface area contributed by atoms with Gasteiger partial charge in [0.05, 0.1) is 13.7 Å².